The topological polar surface area (TPSA) is 123 Å². The first-order chi connectivity index (χ1) is 28.8. The number of imidazole rings is 2. The second-order valence-electron chi connectivity index (χ2n) is 14.6. The minimum absolute atomic E-state index is 0.00974. The summed E-state index contributed by atoms with van der Waals surface area (Å²) in [6, 6.07) is 11.3. The Morgan fingerprint density at radius 3 is 1.57 bits per heavy atom. The van der Waals surface area contributed by atoms with Gasteiger partial charge < -0.3 is 19.4 Å². The van der Waals surface area contributed by atoms with Crippen LogP contribution in [0.4, 0.5) is 46.5 Å². The molecule has 6 heterocycles. The molecule has 2 fully saturated rings. The van der Waals surface area contributed by atoms with Gasteiger partial charge in [-0.05, 0) is 73.2 Å². The van der Waals surface area contributed by atoms with Crippen molar-refractivity contribution in [2.75, 3.05) is 22.9 Å². The van der Waals surface area contributed by atoms with Crippen LogP contribution >= 0.6 is 15.9 Å². The highest BCUT2D eigenvalue weighted by Crippen LogP contribution is 2.37. The normalized spacial score (nSPS) is 17.0. The number of aromatic amines is 1. The summed E-state index contributed by atoms with van der Waals surface area (Å²) in [6.07, 6.45) is -0.802. The lowest BCUT2D eigenvalue weighted by Crippen LogP contribution is -2.29. The molecule has 2 atom stereocenters. The molecule has 2 aromatic carbocycles. The third-order valence-corrected chi connectivity index (χ3v) is 10.6. The molecule has 2 aliphatic heterocycles. The van der Waals surface area contributed by atoms with Crippen LogP contribution in [0.25, 0.3) is 11.4 Å². The van der Waals surface area contributed by atoms with Crippen LogP contribution in [0, 0.1) is 11.6 Å². The van der Waals surface area contributed by atoms with E-state index >= 15 is 0 Å². The minimum Gasteiger partial charge on any atom is -0.341 e. The number of carbonyl (C=O) groups is 2. The van der Waals surface area contributed by atoms with Crippen LogP contribution in [0.5, 0.6) is 0 Å². The number of aromatic nitrogens is 8. The number of rotatable bonds is 7. The molecular weight excluding hydrogens is 884 g/mol. The summed E-state index contributed by atoms with van der Waals surface area (Å²) in [6.45, 7) is 9.05. The Morgan fingerprint density at radius 1 is 0.705 bits per heavy atom. The third kappa shape index (κ3) is 9.87. The lowest BCUT2D eigenvalue weighted by atomic mass is 10.1. The summed E-state index contributed by atoms with van der Waals surface area (Å²) in [5.74, 6) is -0.719. The molecular formula is C40H39BrF8N10O2. The van der Waals surface area contributed by atoms with Crippen LogP contribution in [-0.4, -0.2) is 68.8 Å². The summed E-state index contributed by atoms with van der Waals surface area (Å²) in [5, 5.41) is 8.81. The molecule has 0 spiro atoms. The van der Waals surface area contributed by atoms with Crippen LogP contribution in [0.3, 0.4) is 0 Å². The maximum atomic E-state index is 13.3. The first kappa shape index (κ1) is 44.7. The van der Waals surface area contributed by atoms with E-state index in [4.69, 9.17) is 0 Å². The molecule has 0 bridgehead atoms. The molecule has 0 saturated carbocycles. The molecule has 6 aromatic rings. The predicted octanol–water partition coefficient (Wildman–Crippen LogP) is 9.39. The number of alkyl halides is 7. The van der Waals surface area contributed by atoms with Crippen molar-refractivity contribution in [2.24, 2.45) is 0 Å². The zero-order valence-electron chi connectivity index (χ0n) is 33.0. The second-order valence-corrected chi connectivity index (χ2v) is 15.7. The monoisotopic (exact) mass is 922 g/mol. The van der Waals surface area contributed by atoms with Crippen molar-refractivity contribution < 1.29 is 44.7 Å². The number of benzene rings is 2. The Bertz CT molecular complexity index is 2420. The second kappa shape index (κ2) is 18.0. The average Bonchev–Trinajstić information content (AvgIpc) is 4.05. The van der Waals surface area contributed by atoms with E-state index in [9.17, 15) is 44.7 Å². The average molecular weight is 924 g/mol. The highest BCUT2D eigenvalue weighted by atomic mass is 79.9. The first-order valence-electron chi connectivity index (χ1n) is 18.9. The van der Waals surface area contributed by atoms with Crippen molar-refractivity contribution >= 4 is 39.1 Å². The molecule has 2 amide bonds. The van der Waals surface area contributed by atoms with Crippen molar-refractivity contribution in [1.29, 1.82) is 0 Å². The molecule has 324 valence electrons. The largest absolute Gasteiger partial charge is 0.434 e. The first-order valence-corrected chi connectivity index (χ1v) is 19.8. The van der Waals surface area contributed by atoms with E-state index in [1.54, 1.807) is 55.8 Å². The summed E-state index contributed by atoms with van der Waals surface area (Å²) in [7, 11) is 0. The number of halogens is 9. The predicted molar refractivity (Wildman–Crippen MR) is 212 cm³/mol. The van der Waals surface area contributed by atoms with E-state index in [1.807, 2.05) is 18.8 Å². The summed E-state index contributed by atoms with van der Waals surface area (Å²) >= 11 is 3.40. The number of nitrogens with one attached hydrogen (secondary N) is 1. The SMILES string of the molecule is CC(C)c1c(N2CCC(Br)C2=O)cnn1-c1ccc(F)cc1.CC(C)c1c(N2CCC(n3cnc(C(F)(F)F)c3)C2=O)cnn1-c1ccc(F)cc1.FC(F)(F)c1cnc[nH]1. The Balaban J connectivity index is 0.000000175. The van der Waals surface area contributed by atoms with E-state index in [0.717, 1.165) is 54.2 Å². The molecule has 2 saturated heterocycles. The lowest BCUT2D eigenvalue weighted by Gasteiger charge is -2.20. The highest BCUT2D eigenvalue weighted by molar-refractivity contribution is 9.10. The van der Waals surface area contributed by atoms with Crippen molar-refractivity contribution in [2.45, 2.75) is 75.6 Å². The summed E-state index contributed by atoms with van der Waals surface area (Å²) in [5.41, 5.74) is 2.75. The number of hydrogen-bond donors (Lipinski definition) is 1. The zero-order chi connectivity index (χ0) is 44.4. The van der Waals surface area contributed by atoms with Crippen molar-refractivity contribution in [1.82, 2.24) is 39.1 Å². The minimum atomic E-state index is -4.56. The van der Waals surface area contributed by atoms with Gasteiger partial charge in [0.15, 0.2) is 5.69 Å². The summed E-state index contributed by atoms with van der Waals surface area (Å²) < 4.78 is 104. The molecule has 4 aromatic heterocycles. The number of nitrogens with zero attached hydrogens (tertiary/aromatic N) is 9. The van der Waals surface area contributed by atoms with Gasteiger partial charge in [0.2, 0.25) is 11.8 Å². The number of carbonyl (C=O) groups excluding carboxylic acids is 2. The van der Waals surface area contributed by atoms with Crippen LogP contribution in [0.1, 0.15) is 81.2 Å². The van der Waals surface area contributed by atoms with Crippen LogP contribution in [-0.2, 0) is 21.9 Å². The van der Waals surface area contributed by atoms with E-state index in [0.29, 0.717) is 30.9 Å². The third-order valence-electron chi connectivity index (χ3n) is 9.76. The Morgan fingerprint density at radius 2 is 1.20 bits per heavy atom. The van der Waals surface area contributed by atoms with E-state index < -0.39 is 29.8 Å². The molecule has 2 aliphatic rings. The van der Waals surface area contributed by atoms with Gasteiger partial charge in [-0.2, -0.15) is 36.5 Å². The molecule has 8 rings (SSSR count). The molecule has 12 nitrogen and oxygen atoms in total. The Labute approximate surface area is 352 Å². The highest BCUT2D eigenvalue weighted by Gasteiger charge is 2.39. The zero-order valence-corrected chi connectivity index (χ0v) is 34.5. The van der Waals surface area contributed by atoms with Gasteiger partial charge in [0.05, 0.1) is 70.2 Å². The van der Waals surface area contributed by atoms with E-state index in [2.05, 4.69) is 49.9 Å². The molecule has 0 radical (unpaired) electrons. The summed E-state index contributed by atoms with van der Waals surface area (Å²) in [4.78, 5) is 37.0. The molecule has 0 aliphatic carbocycles. The number of anilines is 2. The maximum Gasteiger partial charge on any atom is 0.434 e. The van der Waals surface area contributed by atoms with Crippen LogP contribution < -0.4 is 9.80 Å². The van der Waals surface area contributed by atoms with Gasteiger partial charge in [-0.1, -0.05) is 43.6 Å². The Kier molecular flexibility index (Phi) is 13.2. The van der Waals surface area contributed by atoms with Crippen molar-refractivity contribution in [3.63, 3.8) is 0 Å². The van der Waals surface area contributed by atoms with Gasteiger partial charge in [-0.3, -0.25) is 9.59 Å². The maximum absolute atomic E-state index is 13.3. The number of amides is 2. The molecule has 61 heavy (non-hydrogen) atoms. The standard InChI is InChI=1S/C20H19F4N5O.C16H17BrFN3O.C4H3F3N2/c1-12(2)18-16(9-26-29(18)14-5-3-13(21)4-6-14)28-8-7-15(19(28)30)27-10-17(25-11-27)20(22,23)24;1-10(2)15-14(20-8-7-13(17)16(20)22)9-19-21(15)12-5-3-11(18)4-6-12;5-4(6,7)3-1-8-2-9-3/h3-6,9-12,15H,7-8H2,1-2H3;3-6,9-10,13H,7-8H2,1-2H3;1-2H,(H,8,9). The van der Waals surface area contributed by atoms with Gasteiger partial charge in [-0.15, -0.1) is 0 Å². The lowest BCUT2D eigenvalue weighted by molar-refractivity contribution is -0.141. The Hall–Kier alpha value is -5.86. The van der Waals surface area contributed by atoms with Gasteiger partial charge in [0, 0.05) is 19.3 Å². The fourth-order valence-corrected chi connectivity index (χ4v) is 7.35. The van der Waals surface area contributed by atoms with Gasteiger partial charge in [-0.25, -0.2) is 28.1 Å². The molecule has 2 unspecified atom stereocenters. The van der Waals surface area contributed by atoms with Gasteiger partial charge >= 0.3 is 12.4 Å². The van der Waals surface area contributed by atoms with Crippen molar-refractivity contribution in [3.8, 4) is 11.4 Å². The molecule has 21 heteroatoms. The van der Waals surface area contributed by atoms with Crippen LogP contribution in [0.2, 0.25) is 0 Å². The quantitative estimate of drug-likeness (QED) is 0.126. The number of H-pyrrole nitrogens is 1. The van der Waals surface area contributed by atoms with Crippen molar-refractivity contribution in [3.05, 3.63) is 120 Å². The van der Waals surface area contributed by atoms with Gasteiger partial charge in [0.1, 0.15) is 23.4 Å². The smallest absolute Gasteiger partial charge is 0.341 e. The fourth-order valence-electron chi connectivity index (χ4n) is 6.90. The van der Waals surface area contributed by atoms with E-state index in [-0.39, 0.29) is 40.1 Å². The number of hydrogen-bond acceptors (Lipinski definition) is 6. The van der Waals surface area contributed by atoms with Gasteiger partial charge in [0.25, 0.3) is 0 Å². The van der Waals surface area contributed by atoms with E-state index in [1.165, 1.54) is 28.8 Å². The fraction of sp³-hybridized carbons (Fsp3) is 0.350. The van der Waals surface area contributed by atoms with Crippen LogP contribution in [0.15, 0.2) is 86.0 Å². The molecule has 1 N–H and O–H groups in total.